The van der Waals surface area contributed by atoms with E-state index in [1.165, 1.54) is 5.56 Å². The number of rotatable bonds is 4. The van der Waals surface area contributed by atoms with E-state index in [4.69, 9.17) is 5.73 Å². The Morgan fingerprint density at radius 1 is 1.19 bits per heavy atom. The van der Waals surface area contributed by atoms with Crippen molar-refractivity contribution >= 4 is 33.2 Å². The fraction of sp³-hybridized carbons (Fsp3) is 0.188. The number of amides is 1. The molecule has 0 radical (unpaired) electrons. The molecule has 110 valence electrons. The molecule has 5 heteroatoms. The molecular formula is C16H18BrN3O. The predicted molar refractivity (Wildman–Crippen MR) is 90.3 cm³/mol. The monoisotopic (exact) mass is 347 g/mol. The van der Waals surface area contributed by atoms with E-state index in [0.29, 0.717) is 11.3 Å². The number of nitrogens with one attached hydrogen (secondary N) is 1. The van der Waals surface area contributed by atoms with Crippen molar-refractivity contribution in [3.8, 4) is 0 Å². The van der Waals surface area contributed by atoms with E-state index in [2.05, 4.69) is 26.1 Å². The Kier molecular flexibility index (Phi) is 4.98. The van der Waals surface area contributed by atoms with Crippen LogP contribution in [0.2, 0.25) is 0 Å². The maximum Gasteiger partial charge on any atom is 0.257 e. The van der Waals surface area contributed by atoms with E-state index in [0.717, 1.165) is 16.7 Å². The van der Waals surface area contributed by atoms with Crippen LogP contribution in [-0.4, -0.2) is 24.9 Å². The summed E-state index contributed by atoms with van der Waals surface area (Å²) in [5, 5.41) is 2.85. The van der Waals surface area contributed by atoms with E-state index in [-0.39, 0.29) is 5.91 Å². The first kappa shape index (κ1) is 15.5. The smallest absolute Gasteiger partial charge is 0.257 e. The number of carbonyl (C=O) groups excluding carboxylic acids is 1. The standard InChI is InChI=1S/C16H18BrN3O/c1-20(2)10-11-3-6-13(7-4-11)19-16(21)14-8-5-12(17)9-15(14)18/h3-9H,10,18H2,1-2H3,(H,19,21). The highest BCUT2D eigenvalue weighted by Gasteiger charge is 2.10. The van der Waals surface area contributed by atoms with Gasteiger partial charge >= 0.3 is 0 Å². The summed E-state index contributed by atoms with van der Waals surface area (Å²) in [5.41, 5.74) is 8.73. The summed E-state index contributed by atoms with van der Waals surface area (Å²) < 4.78 is 0.851. The zero-order valence-electron chi connectivity index (χ0n) is 12.1. The molecule has 21 heavy (non-hydrogen) atoms. The molecule has 0 aliphatic heterocycles. The third kappa shape index (κ3) is 4.31. The Morgan fingerprint density at radius 3 is 2.43 bits per heavy atom. The first-order chi connectivity index (χ1) is 9.95. The molecule has 0 saturated carbocycles. The second-order valence-electron chi connectivity index (χ2n) is 5.12. The lowest BCUT2D eigenvalue weighted by atomic mass is 10.1. The average Bonchev–Trinajstić information content (AvgIpc) is 2.40. The molecule has 4 nitrogen and oxygen atoms in total. The van der Waals surface area contributed by atoms with E-state index in [1.807, 2.05) is 38.4 Å². The molecule has 2 aromatic carbocycles. The highest BCUT2D eigenvalue weighted by atomic mass is 79.9. The lowest BCUT2D eigenvalue weighted by Crippen LogP contribution is -2.14. The number of hydrogen-bond donors (Lipinski definition) is 2. The van der Waals surface area contributed by atoms with Gasteiger partial charge in [0, 0.05) is 22.4 Å². The fourth-order valence-corrected chi connectivity index (χ4v) is 2.38. The van der Waals surface area contributed by atoms with Gasteiger partial charge in [-0.05, 0) is 50.0 Å². The van der Waals surface area contributed by atoms with Gasteiger partial charge in [0.2, 0.25) is 0 Å². The molecule has 2 rings (SSSR count). The summed E-state index contributed by atoms with van der Waals surface area (Å²) in [7, 11) is 4.04. The molecule has 0 fully saturated rings. The summed E-state index contributed by atoms with van der Waals surface area (Å²) in [6, 6.07) is 13.0. The zero-order valence-corrected chi connectivity index (χ0v) is 13.6. The maximum atomic E-state index is 12.2. The number of benzene rings is 2. The first-order valence-electron chi connectivity index (χ1n) is 6.56. The van der Waals surface area contributed by atoms with Crippen LogP contribution in [0.15, 0.2) is 46.9 Å². The number of nitrogens with zero attached hydrogens (tertiary/aromatic N) is 1. The fourth-order valence-electron chi connectivity index (χ4n) is 2.00. The van der Waals surface area contributed by atoms with Crippen molar-refractivity contribution in [1.29, 1.82) is 0 Å². The number of carbonyl (C=O) groups is 1. The summed E-state index contributed by atoms with van der Waals surface area (Å²) in [4.78, 5) is 14.3. The van der Waals surface area contributed by atoms with E-state index in [9.17, 15) is 4.79 Å². The van der Waals surface area contributed by atoms with Crippen LogP contribution in [-0.2, 0) is 6.54 Å². The van der Waals surface area contributed by atoms with E-state index < -0.39 is 0 Å². The van der Waals surface area contributed by atoms with Gasteiger partial charge in [0.25, 0.3) is 5.91 Å². The van der Waals surface area contributed by atoms with Crippen LogP contribution in [0.25, 0.3) is 0 Å². The SMILES string of the molecule is CN(C)Cc1ccc(NC(=O)c2ccc(Br)cc2N)cc1. The highest BCUT2D eigenvalue weighted by Crippen LogP contribution is 2.20. The summed E-state index contributed by atoms with van der Waals surface area (Å²) >= 11 is 3.32. The van der Waals surface area contributed by atoms with Crippen molar-refractivity contribution in [2.24, 2.45) is 0 Å². The van der Waals surface area contributed by atoms with Gasteiger partial charge in [-0.2, -0.15) is 0 Å². The highest BCUT2D eigenvalue weighted by molar-refractivity contribution is 9.10. The molecule has 0 saturated heterocycles. The number of halogens is 1. The molecule has 0 aromatic heterocycles. The lowest BCUT2D eigenvalue weighted by molar-refractivity contribution is 0.102. The average molecular weight is 348 g/mol. The topological polar surface area (TPSA) is 58.4 Å². The van der Waals surface area contributed by atoms with Crippen LogP contribution < -0.4 is 11.1 Å². The van der Waals surface area contributed by atoms with Crippen LogP contribution in [0.5, 0.6) is 0 Å². The summed E-state index contributed by atoms with van der Waals surface area (Å²) in [6.45, 7) is 0.869. The zero-order chi connectivity index (χ0) is 15.4. The minimum atomic E-state index is -0.208. The molecular weight excluding hydrogens is 330 g/mol. The van der Waals surface area contributed by atoms with Gasteiger partial charge in [-0.1, -0.05) is 28.1 Å². The molecule has 1 amide bonds. The molecule has 0 atom stereocenters. The number of nitrogens with two attached hydrogens (primary N) is 1. The number of anilines is 2. The van der Waals surface area contributed by atoms with Gasteiger partial charge < -0.3 is 16.0 Å². The largest absolute Gasteiger partial charge is 0.398 e. The Balaban J connectivity index is 2.08. The molecule has 0 spiro atoms. The quantitative estimate of drug-likeness (QED) is 0.833. The second-order valence-corrected chi connectivity index (χ2v) is 6.04. The third-order valence-corrected chi connectivity index (χ3v) is 3.46. The Morgan fingerprint density at radius 2 is 1.86 bits per heavy atom. The summed E-state index contributed by atoms with van der Waals surface area (Å²) in [6.07, 6.45) is 0. The van der Waals surface area contributed by atoms with E-state index in [1.54, 1.807) is 18.2 Å². The van der Waals surface area contributed by atoms with Crippen LogP contribution in [0.3, 0.4) is 0 Å². The number of hydrogen-bond acceptors (Lipinski definition) is 3. The van der Waals surface area contributed by atoms with Crippen LogP contribution >= 0.6 is 15.9 Å². The lowest BCUT2D eigenvalue weighted by Gasteiger charge is -2.11. The van der Waals surface area contributed by atoms with Crippen molar-refractivity contribution in [1.82, 2.24) is 4.90 Å². The molecule has 3 N–H and O–H groups in total. The van der Waals surface area contributed by atoms with Crippen molar-refractivity contribution < 1.29 is 4.79 Å². The van der Waals surface area contributed by atoms with Crippen LogP contribution in [0.1, 0.15) is 15.9 Å². The van der Waals surface area contributed by atoms with Gasteiger partial charge in [-0.15, -0.1) is 0 Å². The minimum Gasteiger partial charge on any atom is -0.398 e. The molecule has 2 aromatic rings. The Bertz CT molecular complexity index is 638. The van der Waals surface area contributed by atoms with Crippen molar-refractivity contribution in [2.75, 3.05) is 25.1 Å². The molecule has 0 bridgehead atoms. The van der Waals surface area contributed by atoms with Gasteiger partial charge in [-0.25, -0.2) is 0 Å². The Labute approximate surface area is 133 Å². The second kappa shape index (κ2) is 6.74. The van der Waals surface area contributed by atoms with Crippen LogP contribution in [0.4, 0.5) is 11.4 Å². The summed E-state index contributed by atoms with van der Waals surface area (Å²) in [5.74, 6) is -0.208. The van der Waals surface area contributed by atoms with Gasteiger partial charge in [0.05, 0.1) is 5.56 Å². The van der Waals surface area contributed by atoms with Gasteiger partial charge in [-0.3, -0.25) is 4.79 Å². The predicted octanol–water partition coefficient (Wildman–Crippen LogP) is 3.35. The normalized spacial score (nSPS) is 10.7. The van der Waals surface area contributed by atoms with Crippen LogP contribution in [0, 0.1) is 0 Å². The van der Waals surface area contributed by atoms with Gasteiger partial charge in [0.15, 0.2) is 0 Å². The molecule has 0 unspecified atom stereocenters. The van der Waals surface area contributed by atoms with Crippen molar-refractivity contribution in [3.63, 3.8) is 0 Å². The maximum absolute atomic E-state index is 12.2. The van der Waals surface area contributed by atoms with Crippen molar-refractivity contribution in [2.45, 2.75) is 6.54 Å². The first-order valence-corrected chi connectivity index (χ1v) is 7.35. The van der Waals surface area contributed by atoms with E-state index >= 15 is 0 Å². The van der Waals surface area contributed by atoms with Gasteiger partial charge in [0.1, 0.15) is 0 Å². The third-order valence-electron chi connectivity index (χ3n) is 2.97. The minimum absolute atomic E-state index is 0.208. The Hall–Kier alpha value is -1.85. The molecule has 0 heterocycles. The van der Waals surface area contributed by atoms with Crippen molar-refractivity contribution in [3.05, 3.63) is 58.1 Å². The molecule has 0 aliphatic rings. The molecule has 0 aliphatic carbocycles. The number of nitrogen functional groups attached to an aromatic ring is 1.